The molecule has 1 aromatic carbocycles. The molecule has 0 bridgehead atoms. The first-order chi connectivity index (χ1) is 11.2. The van der Waals surface area contributed by atoms with Crippen LogP contribution in [0.5, 0.6) is 5.75 Å². The van der Waals surface area contributed by atoms with Gasteiger partial charge in [0, 0.05) is 26.2 Å². The minimum atomic E-state index is -0.341. The van der Waals surface area contributed by atoms with Crippen LogP contribution >= 0.6 is 0 Å². The van der Waals surface area contributed by atoms with Crippen molar-refractivity contribution >= 4 is 17.5 Å². The van der Waals surface area contributed by atoms with Crippen molar-refractivity contribution in [2.45, 2.75) is 19.4 Å². The van der Waals surface area contributed by atoms with Crippen LogP contribution in [0.4, 0.5) is 5.69 Å². The van der Waals surface area contributed by atoms with Crippen LogP contribution in [0.15, 0.2) is 24.3 Å². The molecular weight excluding hydrogens is 294 g/mol. The molecule has 2 aliphatic heterocycles. The lowest BCUT2D eigenvalue weighted by Gasteiger charge is -2.36. The van der Waals surface area contributed by atoms with Crippen LogP contribution in [0.3, 0.4) is 0 Å². The lowest BCUT2D eigenvalue weighted by Crippen LogP contribution is -2.52. The molecule has 0 aromatic heterocycles. The van der Waals surface area contributed by atoms with E-state index in [1.807, 2.05) is 12.1 Å². The van der Waals surface area contributed by atoms with Crippen LogP contribution < -0.4 is 9.64 Å². The molecule has 2 aliphatic rings. The molecule has 1 aromatic rings. The van der Waals surface area contributed by atoms with E-state index >= 15 is 0 Å². The number of methoxy groups -OCH3 is 1. The SMILES string of the molecule is CCN1CCN([C@@H]2CC(=O)N(c3ccccc3OC)C2=O)CC1. The number of hydrogen-bond acceptors (Lipinski definition) is 5. The van der Waals surface area contributed by atoms with Crippen molar-refractivity contribution in [1.29, 1.82) is 0 Å². The summed E-state index contributed by atoms with van der Waals surface area (Å²) < 4.78 is 5.30. The molecule has 6 nitrogen and oxygen atoms in total. The summed E-state index contributed by atoms with van der Waals surface area (Å²) in [5.41, 5.74) is 0.541. The summed E-state index contributed by atoms with van der Waals surface area (Å²) in [6.07, 6.45) is 0.253. The lowest BCUT2D eigenvalue weighted by atomic mass is 10.1. The van der Waals surface area contributed by atoms with Crippen LogP contribution in [0, 0.1) is 0 Å². The zero-order valence-corrected chi connectivity index (χ0v) is 13.7. The normalized spacial score (nSPS) is 23.6. The van der Waals surface area contributed by atoms with E-state index in [0.29, 0.717) is 11.4 Å². The highest BCUT2D eigenvalue weighted by molar-refractivity contribution is 6.23. The molecule has 23 heavy (non-hydrogen) atoms. The van der Waals surface area contributed by atoms with Gasteiger partial charge in [-0.15, -0.1) is 0 Å². The third-order valence-corrected chi connectivity index (χ3v) is 4.74. The average molecular weight is 317 g/mol. The second-order valence-electron chi connectivity index (χ2n) is 5.93. The third-order valence-electron chi connectivity index (χ3n) is 4.74. The summed E-state index contributed by atoms with van der Waals surface area (Å²) in [6.45, 7) is 6.73. The van der Waals surface area contributed by atoms with Gasteiger partial charge in [0.1, 0.15) is 5.75 Å². The Bertz CT molecular complexity index is 597. The van der Waals surface area contributed by atoms with Crippen molar-refractivity contribution in [3.8, 4) is 5.75 Å². The Morgan fingerprint density at radius 3 is 2.48 bits per heavy atom. The Labute approximate surface area is 136 Å². The molecular formula is C17H23N3O3. The quantitative estimate of drug-likeness (QED) is 0.775. The minimum Gasteiger partial charge on any atom is -0.495 e. The van der Waals surface area contributed by atoms with E-state index in [2.05, 4.69) is 16.7 Å². The number of hydrogen-bond donors (Lipinski definition) is 0. The second-order valence-corrected chi connectivity index (χ2v) is 5.93. The van der Waals surface area contributed by atoms with E-state index in [0.717, 1.165) is 32.7 Å². The summed E-state index contributed by atoms with van der Waals surface area (Å²) in [5.74, 6) is 0.262. The van der Waals surface area contributed by atoms with E-state index in [1.54, 1.807) is 19.2 Å². The Morgan fingerprint density at radius 2 is 1.83 bits per heavy atom. The number of para-hydroxylation sites is 2. The van der Waals surface area contributed by atoms with Gasteiger partial charge in [-0.1, -0.05) is 19.1 Å². The maximum Gasteiger partial charge on any atom is 0.251 e. The maximum atomic E-state index is 12.8. The smallest absolute Gasteiger partial charge is 0.251 e. The first-order valence-electron chi connectivity index (χ1n) is 8.12. The Kier molecular flexibility index (Phi) is 4.63. The molecule has 3 rings (SSSR count). The number of likely N-dealkylation sites (N-methyl/N-ethyl adjacent to an activating group) is 1. The van der Waals surface area contributed by atoms with E-state index in [4.69, 9.17) is 4.74 Å². The van der Waals surface area contributed by atoms with Crippen molar-refractivity contribution in [2.24, 2.45) is 0 Å². The Morgan fingerprint density at radius 1 is 1.13 bits per heavy atom. The highest BCUT2D eigenvalue weighted by atomic mass is 16.5. The van der Waals surface area contributed by atoms with Crippen molar-refractivity contribution in [2.75, 3.05) is 44.7 Å². The van der Waals surface area contributed by atoms with E-state index in [-0.39, 0.29) is 24.3 Å². The number of rotatable bonds is 4. The molecule has 0 aliphatic carbocycles. The number of nitrogens with zero attached hydrogens (tertiary/aromatic N) is 3. The maximum absolute atomic E-state index is 12.8. The van der Waals surface area contributed by atoms with E-state index < -0.39 is 0 Å². The molecule has 0 unspecified atom stereocenters. The zero-order chi connectivity index (χ0) is 16.4. The second kappa shape index (κ2) is 6.68. The molecule has 2 saturated heterocycles. The number of imide groups is 1. The predicted molar refractivity (Wildman–Crippen MR) is 87.6 cm³/mol. The number of benzene rings is 1. The van der Waals surface area contributed by atoms with Gasteiger partial charge < -0.3 is 9.64 Å². The molecule has 124 valence electrons. The van der Waals surface area contributed by atoms with Crippen LogP contribution in [0.25, 0.3) is 0 Å². The van der Waals surface area contributed by atoms with Crippen LogP contribution in [-0.4, -0.2) is 67.5 Å². The summed E-state index contributed by atoms with van der Waals surface area (Å²) in [5, 5.41) is 0. The van der Waals surface area contributed by atoms with Crippen molar-refractivity contribution in [3.63, 3.8) is 0 Å². The average Bonchev–Trinajstić information content (AvgIpc) is 2.89. The first kappa shape index (κ1) is 16.0. The fourth-order valence-corrected chi connectivity index (χ4v) is 3.36. The largest absolute Gasteiger partial charge is 0.495 e. The van der Waals surface area contributed by atoms with Gasteiger partial charge >= 0.3 is 0 Å². The number of amides is 2. The van der Waals surface area contributed by atoms with Crippen LogP contribution in [0.2, 0.25) is 0 Å². The molecule has 1 atom stereocenters. The van der Waals surface area contributed by atoms with E-state index in [1.165, 1.54) is 4.90 Å². The molecule has 2 heterocycles. The third kappa shape index (κ3) is 2.96. The zero-order valence-electron chi connectivity index (χ0n) is 13.7. The Balaban J connectivity index is 1.78. The molecule has 6 heteroatoms. The summed E-state index contributed by atoms with van der Waals surface area (Å²) >= 11 is 0. The monoisotopic (exact) mass is 317 g/mol. The van der Waals surface area contributed by atoms with Crippen molar-refractivity contribution < 1.29 is 14.3 Å². The Hall–Kier alpha value is -1.92. The van der Waals surface area contributed by atoms with Gasteiger partial charge in [0.2, 0.25) is 5.91 Å². The fourth-order valence-electron chi connectivity index (χ4n) is 3.36. The van der Waals surface area contributed by atoms with Gasteiger partial charge in [-0.3, -0.25) is 14.5 Å². The fraction of sp³-hybridized carbons (Fsp3) is 0.529. The van der Waals surface area contributed by atoms with Gasteiger partial charge in [-0.05, 0) is 18.7 Å². The number of piperazine rings is 1. The summed E-state index contributed by atoms with van der Waals surface area (Å²) in [4.78, 5) is 31.1. The van der Waals surface area contributed by atoms with Gasteiger partial charge in [-0.25, -0.2) is 4.90 Å². The molecule has 0 saturated carbocycles. The minimum absolute atomic E-state index is 0.135. The van der Waals surface area contributed by atoms with Crippen molar-refractivity contribution in [3.05, 3.63) is 24.3 Å². The number of anilines is 1. The van der Waals surface area contributed by atoms with Gasteiger partial charge in [0.25, 0.3) is 5.91 Å². The topological polar surface area (TPSA) is 53.1 Å². The highest BCUT2D eigenvalue weighted by Gasteiger charge is 2.44. The molecule has 2 amide bonds. The molecule has 2 fully saturated rings. The number of carbonyl (C=O) groups is 2. The predicted octanol–water partition coefficient (Wildman–Crippen LogP) is 0.965. The van der Waals surface area contributed by atoms with Crippen molar-refractivity contribution in [1.82, 2.24) is 9.80 Å². The van der Waals surface area contributed by atoms with Gasteiger partial charge in [0.05, 0.1) is 25.3 Å². The number of carbonyl (C=O) groups excluding carboxylic acids is 2. The van der Waals surface area contributed by atoms with Crippen LogP contribution in [0.1, 0.15) is 13.3 Å². The van der Waals surface area contributed by atoms with Gasteiger partial charge in [0.15, 0.2) is 0 Å². The molecule has 0 radical (unpaired) electrons. The standard InChI is InChI=1S/C17H23N3O3/c1-3-18-8-10-19(11-9-18)14-12-16(21)20(17(14)22)13-6-4-5-7-15(13)23-2/h4-7,14H,3,8-12H2,1-2H3/t14-/m1/s1. The van der Waals surface area contributed by atoms with Crippen LogP contribution in [-0.2, 0) is 9.59 Å². The lowest BCUT2D eigenvalue weighted by molar-refractivity contribution is -0.123. The number of ether oxygens (including phenoxy) is 1. The summed E-state index contributed by atoms with van der Waals surface area (Å²) in [7, 11) is 1.55. The van der Waals surface area contributed by atoms with E-state index in [9.17, 15) is 9.59 Å². The summed E-state index contributed by atoms with van der Waals surface area (Å²) in [6, 6.07) is 6.82. The molecule has 0 spiro atoms. The van der Waals surface area contributed by atoms with Gasteiger partial charge in [-0.2, -0.15) is 0 Å². The molecule has 0 N–H and O–H groups in total. The highest BCUT2D eigenvalue weighted by Crippen LogP contribution is 2.33. The first-order valence-corrected chi connectivity index (χ1v) is 8.12.